The van der Waals surface area contributed by atoms with Gasteiger partial charge < -0.3 is 9.64 Å². The Kier molecular flexibility index (Phi) is 4.30. The quantitative estimate of drug-likeness (QED) is 0.855. The molecule has 1 aliphatic rings. The third-order valence-electron chi connectivity index (χ3n) is 2.99. The van der Waals surface area contributed by atoms with Gasteiger partial charge in [0.25, 0.3) is 0 Å². The van der Waals surface area contributed by atoms with Crippen LogP contribution in [0.25, 0.3) is 0 Å². The molecule has 1 aromatic rings. The second-order valence-electron chi connectivity index (χ2n) is 5.13. The zero-order valence-electron chi connectivity index (χ0n) is 10.7. The number of ether oxygens (including phenoxy) is 1. The number of nitrogens with zero attached hydrogens (tertiary/aromatic N) is 1. The average molecular weight is 288 g/mol. The minimum atomic E-state index is -0.222. The highest BCUT2D eigenvalue weighted by molar-refractivity contribution is 7.16. The van der Waals surface area contributed by atoms with E-state index in [9.17, 15) is 4.79 Å². The van der Waals surface area contributed by atoms with Gasteiger partial charge in [0.1, 0.15) is 0 Å². The van der Waals surface area contributed by atoms with E-state index < -0.39 is 0 Å². The first-order valence-corrected chi connectivity index (χ1v) is 7.32. The lowest BCUT2D eigenvalue weighted by molar-refractivity contribution is -0.145. The molecule has 0 N–H and O–H groups in total. The maximum atomic E-state index is 12.1. The highest BCUT2D eigenvalue weighted by Gasteiger charge is 2.29. The highest BCUT2D eigenvalue weighted by Crippen LogP contribution is 2.23. The topological polar surface area (TPSA) is 29.5 Å². The van der Waals surface area contributed by atoms with Crippen molar-refractivity contribution in [2.45, 2.75) is 32.3 Å². The molecule has 0 atom stereocenters. The number of carbonyl (C=O) groups excluding carboxylic acids is 1. The smallest absolute Gasteiger partial charge is 0.223 e. The summed E-state index contributed by atoms with van der Waals surface area (Å²) in [6.45, 7) is 6.05. The van der Waals surface area contributed by atoms with Gasteiger partial charge in [-0.05, 0) is 32.4 Å². The van der Waals surface area contributed by atoms with E-state index in [0.29, 0.717) is 26.1 Å². The molecule has 2 heterocycles. The monoisotopic (exact) mass is 287 g/mol. The fraction of sp³-hybridized carbons (Fsp3) is 0.615. The van der Waals surface area contributed by atoms with E-state index in [0.717, 1.165) is 10.8 Å². The molecule has 1 aliphatic heterocycles. The molecule has 5 heteroatoms. The molecule has 0 unspecified atom stereocenters. The van der Waals surface area contributed by atoms with Crippen LogP contribution in [0.4, 0.5) is 0 Å². The summed E-state index contributed by atoms with van der Waals surface area (Å²) in [4.78, 5) is 15.2. The van der Waals surface area contributed by atoms with Gasteiger partial charge in [-0.1, -0.05) is 11.6 Å². The zero-order chi connectivity index (χ0) is 13.2. The van der Waals surface area contributed by atoms with Crippen LogP contribution < -0.4 is 0 Å². The van der Waals surface area contributed by atoms with Gasteiger partial charge in [-0.25, -0.2) is 0 Å². The summed E-state index contributed by atoms with van der Waals surface area (Å²) in [7, 11) is 0. The van der Waals surface area contributed by atoms with Gasteiger partial charge in [-0.3, -0.25) is 4.79 Å². The Balaban J connectivity index is 1.84. The van der Waals surface area contributed by atoms with Gasteiger partial charge in [-0.15, -0.1) is 11.3 Å². The molecule has 3 nitrogen and oxygen atoms in total. The number of aryl methyl sites for hydroxylation is 1. The summed E-state index contributed by atoms with van der Waals surface area (Å²) < 4.78 is 6.38. The van der Waals surface area contributed by atoms with Crippen molar-refractivity contribution in [2.75, 3.05) is 19.7 Å². The first kappa shape index (κ1) is 13.8. The Bertz CT molecular complexity index is 430. The molecule has 1 fully saturated rings. The third-order valence-corrected chi connectivity index (χ3v) is 4.28. The normalized spacial score (nSPS) is 18.9. The number of rotatable bonds is 3. The van der Waals surface area contributed by atoms with Gasteiger partial charge in [0.15, 0.2) is 0 Å². The fourth-order valence-corrected chi connectivity index (χ4v) is 3.19. The van der Waals surface area contributed by atoms with Gasteiger partial charge in [0, 0.05) is 24.4 Å². The van der Waals surface area contributed by atoms with Gasteiger partial charge in [0.2, 0.25) is 5.91 Å². The minimum Gasteiger partial charge on any atom is -0.372 e. The van der Waals surface area contributed by atoms with Crippen LogP contribution in [-0.2, 0) is 16.0 Å². The van der Waals surface area contributed by atoms with E-state index in [-0.39, 0.29) is 11.5 Å². The number of hydrogen-bond donors (Lipinski definition) is 0. The standard InChI is InChI=1S/C13H18ClNO2S/c1-13(2)9-15(7-8-17-13)12(16)6-4-10-3-5-11(14)18-10/h3,5H,4,6-9H2,1-2H3. The van der Waals surface area contributed by atoms with Crippen molar-refractivity contribution >= 4 is 28.8 Å². The summed E-state index contributed by atoms with van der Waals surface area (Å²) in [5.74, 6) is 0.205. The van der Waals surface area contributed by atoms with Crippen molar-refractivity contribution in [3.63, 3.8) is 0 Å². The molecule has 0 bridgehead atoms. The molecule has 1 aromatic heterocycles. The predicted octanol–water partition coefficient (Wildman–Crippen LogP) is 2.97. The molecule has 0 aliphatic carbocycles. The van der Waals surface area contributed by atoms with Crippen LogP contribution in [0.5, 0.6) is 0 Å². The number of hydrogen-bond acceptors (Lipinski definition) is 3. The van der Waals surface area contributed by atoms with Crippen LogP contribution in [0.2, 0.25) is 4.34 Å². The number of morpholine rings is 1. The second-order valence-corrected chi connectivity index (χ2v) is 6.93. The number of halogens is 1. The van der Waals surface area contributed by atoms with Crippen LogP contribution in [0.3, 0.4) is 0 Å². The lowest BCUT2D eigenvalue weighted by atomic mass is 10.1. The molecule has 100 valence electrons. The largest absolute Gasteiger partial charge is 0.372 e. The minimum absolute atomic E-state index is 0.205. The van der Waals surface area contributed by atoms with Crippen LogP contribution in [0.15, 0.2) is 12.1 Å². The van der Waals surface area contributed by atoms with Crippen LogP contribution in [0, 0.1) is 0 Å². The van der Waals surface area contributed by atoms with Gasteiger partial charge >= 0.3 is 0 Å². The lowest BCUT2D eigenvalue weighted by Crippen LogP contribution is -2.50. The molecule has 1 saturated heterocycles. The van der Waals surface area contributed by atoms with Crippen LogP contribution >= 0.6 is 22.9 Å². The number of carbonyl (C=O) groups is 1. The molecule has 0 spiro atoms. The summed E-state index contributed by atoms with van der Waals surface area (Å²) in [5, 5.41) is 0. The van der Waals surface area contributed by atoms with Crippen molar-refractivity contribution in [2.24, 2.45) is 0 Å². The molecular weight excluding hydrogens is 270 g/mol. The van der Waals surface area contributed by atoms with Crippen molar-refractivity contribution in [1.29, 1.82) is 0 Å². The first-order valence-electron chi connectivity index (χ1n) is 6.12. The summed E-state index contributed by atoms with van der Waals surface area (Å²) in [6.07, 6.45) is 1.32. The van der Waals surface area contributed by atoms with E-state index in [1.165, 1.54) is 4.88 Å². The third kappa shape index (κ3) is 3.70. The molecule has 0 radical (unpaired) electrons. The van der Waals surface area contributed by atoms with Crippen molar-refractivity contribution in [3.8, 4) is 0 Å². The van der Waals surface area contributed by atoms with E-state index >= 15 is 0 Å². The van der Waals surface area contributed by atoms with Crippen molar-refractivity contribution in [1.82, 2.24) is 4.90 Å². The zero-order valence-corrected chi connectivity index (χ0v) is 12.3. The molecule has 0 aromatic carbocycles. The lowest BCUT2D eigenvalue weighted by Gasteiger charge is -2.38. The van der Waals surface area contributed by atoms with Crippen molar-refractivity contribution in [3.05, 3.63) is 21.3 Å². The Morgan fingerprint density at radius 3 is 2.94 bits per heavy atom. The number of thiophene rings is 1. The first-order chi connectivity index (χ1) is 8.46. The van der Waals surface area contributed by atoms with Gasteiger partial charge in [0.05, 0.1) is 16.5 Å². The SMILES string of the molecule is CC1(C)CN(C(=O)CCc2ccc(Cl)s2)CCO1. The average Bonchev–Trinajstić information content (AvgIpc) is 2.70. The highest BCUT2D eigenvalue weighted by atomic mass is 35.5. The predicted molar refractivity (Wildman–Crippen MR) is 74.3 cm³/mol. The maximum absolute atomic E-state index is 12.1. The van der Waals surface area contributed by atoms with Crippen molar-refractivity contribution < 1.29 is 9.53 Å². The van der Waals surface area contributed by atoms with E-state index in [1.54, 1.807) is 11.3 Å². The van der Waals surface area contributed by atoms with Gasteiger partial charge in [-0.2, -0.15) is 0 Å². The molecular formula is C13H18ClNO2S. The Morgan fingerprint density at radius 1 is 1.56 bits per heavy atom. The molecule has 18 heavy (non-hydrogen) atoms. The van der Waals surface area contributed by atoms with Crippen LogP contribution in [-0.4, -0.2) is 36.1 Å². The fourth-order valence-electron chi connectivity index (χ4n) is 2.10. The summed E-state index contributed by atoms with van der Waals surface area (Å²) >= 11 is 7.41. The summed E-state index contributed by atoms with van der Waals surface area (Å²) in [5.41, 5.74) is -0.222. The molecule has 1 amide bonds. The Labute approximate surface area is 117 Å². The Morgan fingerprint density at radius 2 is 2.33 bits per heavy atom. The second kappa shape index (κ2) is 5.59. The van der Waals surface area contributed by atoms with E-state index in [1.807, 2.05) is 30.9 Å². The summed E-state index contributed by atoms with van der Waals surface area (Å²) in [6, 6.07) is 3.87. The molecule has 2 rings (SSSR count). The van der Waals surface area contributed by atoms with Crippen LogP contribution in [0.1, 0.15) is 25.1 Å². The number of amides is 1. The maximum Gasteiger partial charge on any atom is 0.223 e. The Hall–Kier alpha value is -0.580. The van der Waals surface area contributed by atoms with E-state index in [2.05, 4.69) is 0 Å². The molecule has 0 saturated carbocycles. The van der Waals surface area contributed by atoms with E-state index in [4.69, 9.17) is 16.3 Å².